The molecular formula is C8H13O7PSi. The Morgan fingerprint density at radius 2 is 2.00 bits per heavy atom. The molecule has 96 valence electrons. The maximum absolute atomic E-state index is 10.0. The molecule has 0 saturated carbocycles. The molecule has 1 heterocycles. The summed E-state index contributed by atoms with van der Waals surface area (Å²) >= 11 is 0. The molecule has 1 aliphatic rings. The van der Waals surface area contributed by atoms with E-state index in [1.54, 1.807) is 12.1 Å². The molecule has 0 aliphatic carbocycles. The van der Waals surface area contributed by atoms with Crippen LogP contribution in [0.4, 0.5) is 0 Å². The molecule has 1 aromatic rings. The van der Waals surface area contributed by atoms with Crippen LogP contribution in [0.25, 0.3) is 0 Å². The van der Waals surface area contributed by atoms with Crippen LogP contribution < -0.4 is 0 Å². The number of benzene rings is 1. The highest BCUT2D eigenvalue weighted by Crippen LogP contribution is 2.46. The Hall–Kier alpha value is -0.573. The van der Waals surface area contributed by atoms with E-state index in [1.807, 2.05) is 18.2 Å². The van der Waals surface area contributed by atoms with Gasteiger partial charge in [-0.25, -0.2) is 9.14 Å². The van der Waals surface area contributed by atoms with E-state index in [1.165, 1.54) is 0 Å². The van der Waals surface area contributed by atoms with Crippen LogP contribution >= 0.6 is 7.82 Å². The molecule has 0 aromatic heterocycles. The topological polar surface area (TPSA) is 105 Å². The van der Waals surface area contributed by atoms with E-state index in [9.17, 15) is 4.57 Å². The average Bonchev–Trinajstić information content (AvgIpc) is 2.75. The molecule has 0 amide bonds. The molecule has 3 N–H and O–H groups in total. The largest absolute Gasteiger partial charge is 0.490 e. The van der Waals surface area contributed by atoms with Crippen molar-refractivity contribution in [1.29, 1.82) is 0 Å². The van der Waals surface area contributed by atoms with Gasteiger partial charge in [0.05, 0.1) is 6.61 Å². The Morgan fingerprint density at radius 3 is 2.35 bits per heavy atom. The minimum atomic E-state index is -3.70. The molecule has 2 rings (SSSR count). The van der Waals surface area contributed by atoms with Crippen molar-refractivity contribution in [1.82, 2.24) is 0 Å². The SMILES string of the molecule is O=P1(O)OO[SiH2]O1.OCC(O)c1ccccc1. The Bertz CT molecular complexity index is 363. The fourth-order valence-electron chi connectivity index (χ4n) is 0.978. The van der Waals surface area contributed by atoms with Crippen molar-refractivity contribution >= 4 is 17.8 Å². The Kier molecular flexibility index (Phi) is 5.96. The molecule has 0 bridgehead atoms. The summed E-state index contributed by atoms with van der Waals surface area (Å²) in [6.07, 6.45) is -0.735. The lowest BCUT2D eigenvalue weighted by molar-refractivity contribution is -0.0949. The van der Waals surface area contributed by atoms with Crippen LogP contribution in [0, 0.1) is 0 Å². The lowest BCUT2D eigenvalue weighted by atomic mass is 10.1. The number of aliphatic hydroxyl groups excluding tert-OH is 2. The van der Waals surface area contributed by atoms with Crippen molar-refractivity contribution in [2.45, 2.75) is 6.10 Å². The van der Waals surface area contributed by atoms with E-state index >= 15 is 0 Å². The van der Waals surface area contributed by atoms with Gasteiger partial charge in [-0.3, -0.25) is 0 Å². The molecular weight excluding hydrogens is 267 g/mol. The third kappa shape index (κ3) is 5.53. The van der Waals surface area contributed by atoms with Gasteiger partial charge in [0.25, 0.3) is 0 Å². The van der Waals surface area contributed by atoms with Gasteiger partial charge in [-0.1, -0.05) is 30.3 Å². The van der Waals surface area contributed by atoms with Gasteiger partial charge in [0.2, 0.25) is 0 Å². The van der Waals surface area contributed by atoms with Crippen molar-refractivity contribution in [2.75, 3.05) is 6.61 Å². The van der Waals surface area contributed by atoms with Crippen LogP contribution in [0.5, 0.6) is 0 Å². The molecule has 2 atom stereocenters. The summed E-state index contributed by atoms with van der Waals surface area (Å²) in [5, 5.41) is 17.6. The molecule has 9 heteroatoms. The fraction of sp³-hybridized carbons (Fsp3) is 0.250. The second-order valence-corrected chi connectivity index (χ2v) is 5.61. The first-order valence-corrected chi connectivity index (χ1v) is 7.32. The second kappa shape index (κ2) is 6.99. The maximum Gasteiger partial charge on any atom is 0.490 e. The number of hydrogen-bond acceptors (Lipinski definition) is 6. The zero-order valence-electron chi connectivity index (χ0n) is 8.80. The summed E-state index contributed by atoms with van der Waals surface area (Å²) in [4.78, 5) is 8.22. The monoisotopic (exact) mass is 280 g/mol. The molecule has 1 aromatic carbocycles. The third-order valence-electron chi connectivity index (χ3n) is 1.77. The summed E-state index contributed by atoms with van der Waals surface area (Å²) in [7, 11) is -5.00. The predicted molar refractivity (Wildman–Crippen MR) is 60.1 cm³/mol. The third-order valence-corrected chi connectivity index (χ3v) is 4.20. The molecule has 1 fully saturated rings. The summed E-state index contributed by atoms with van der Waals surface area (Å²) in [5.41, 5.74) is 0.755. The zero-order valence-corrected chi connectivity index (χ0v) is 11.1. The Balaban J connectivity index is 0.000000181. The van der Waals surface area contributed by atoms with Gasteiger partial charge in [-0.15, -0.1) is 4.67 Å². The van der Waals surface area contributed by atoms with Crippen LogP contribution in [0.2, 0.25) is 0 Å². The first-order valence-electron chi connectivity index (χ1n) is 4.67. The molecule has 0 radical (unpaired) electrons. The fourth-order valence-corrected chi connectivity index (χ4v) is 2.56. The minimum absolute atomic E-state index is 0.218. The smallest absolute Gasteiger partial charge is 0.393 e. The first kappa shape index (κ1) is 14.5. The van der Waals surface area contributed by atoms with E-state index in [0.717, 1.165) is 5.56 Å². The van der Waals surface area contributed by atoms with Crippen molar-refractivity contribution < 1.29 is 33.1 Å². The Morgan fingerprint density at radius 1 is 1.35 bits per heavy atom. The summed E-state index contributed by atoms with van der Waals surface area (Å²) < 4.78 is 22.0. The lowest BCUT2D eigenvalue weighted by Gasteiger charge is -2.05. The quantitative estimate of drug-likeness (QED) is 0.390. The summed E-state index contributed by atoms with van der Waals surface area (Å²) in [5.74, 6) is 0. The molecule has 1 saturated heterocycles. The van der Waals surface area contributed by atoms with Crippen LogP contribution in [-0.4, -0.2) is 31.7 Å². The summed E-state index contributed by atoms with van der Waals surface area (Å²) in [6, 6.07) is 9.08. The highest BCUT2D eigenvalue weighted by Gasteiger charge is 2.28. The van der Waals surface area contributed by atoms with Crippen molar-refractivity contribution in [3.63, 3.8) is 0 Å². The van der Waals surface area contributed by atoms with Gasteiger partial charge in [-0.2, -0.15) is 0 Å². The highest BCUT2D eigenvalue weighted by atomic mass is 31.2. The molecule has 2 unspecified atom stereocenters. The predicted octanol–water partition coefficient (Wildman–Crippen LogP) is -0.224. The van der Waals surface area contributed by atoms with Gasteiger partial charge >= 0.3 is 17.8 Å². The van der Waals surface area contributed by atoms with E-state index in [-0.39, 0.29) is 6.61 Å². The van der Waals surface area contributed by atoms with Crippen LogP contribution in [0.3, 0.4) is 0 Å². The number of phosphoric acid groups is 1. The lowest BCUT2D eigenvalue weighted by Crippen LogP contribution is -2.01. The maximum atomic E-state index is 10.0. The number of rotatable bonds is 2. The van der Waals surface area contributed by atoms with Crippen molar-refractivity contribution in [3.8, 4) is 0 Å². The van der Waals surface area contributed by atoms with E-state index in [0.29, 0.717) is 0 Å². The molecule has 7 nitrogen and oxygen atoms in total. The van der Waals surface area contributed by atoms with Gasteiger partial charge in [0.1, 0.15) is 6.10 Å². The van der Waals surface area contributed by atoms with E-state index in [2.05, 4.69) is 13.5 Å². The molecule has 17 heavy (non-hydrogen) atoms. The summed E-state index contributed by atoms with van der Waals surface area (Å²) in [6.45, 7) is -0.218. The van der Waals surface area contributed by atoms with Gasteiger partial charge in [-0.05, 0) is 5.56 Å². The van der Waals surface area contributed by atoms with E-state index < -0.39 is 23.9 Å². The van der Waals surface area contributed by atoms with Crippen LogP contribution in [0.15, 0.2) is 30.3 Å². The first-order chi connectivity index (χ1) is 8.05. The van der Waals surface area contributed by atoms with Gasteiger partial charge < -0.3 is 19.3 Å². The molecule has 0 spiro atoms. The minimum Gasteiger partial charge on any atom is -0.393 e. The van der Waals surface area contributed by atoms with Crippen molar-refractivity contribution in [3.05, 3.63) is 35.9 Å². The normalized spacial score (nSPS) is 26.3. The highest BCUT2D eigenvalue weighted by molar-refractivity contribution is 7.48. The number of aliphatic hydroxyl groups is 2. The van der Waals surface area contributed by atoms with E-state index in [4.69, 9.17) is 15.1 Å². The second-order valence-electron chi connectivity index (χ2n) is 3.02. The number of hydrogen-bond donors (Lipinski definition) is 3. The zero-order chi connectivity index (χ0) is 12.7. The standard InChI is InChI=1S/C8H10O2.H3O5PSi/c9-6-8(10)7-4-2-1-3-5-7;1-6(2)3-4-7-5-6/h1-5,8-10H,6H2;7H2,(H,1,2). The van der Waals surface area contributed by atoms with Crippen LogP contribution in [-0.2, 0) is 18.0 Å². The van der Waals surface area contributed by atoms with Gasteiger partial charge in [0, 0.05) is 0 Å². The van der Waals surface area contributed by atoms with Crippen LogP contribution in [0.1, 0.15) is 11.7 Å². The Labute approximate surface area is 100 Å². The van der Waals surface area contributed by atoms with Gasteiger partial charge in [0.15, 0.2) is 0 Å². The average molecular weight is 280 g/mol. The van der Waals surface area contributed by atoms with Crippen molar-refractivity contribution in [2.24, 2.45) is 0 Å². The molecule has 1 aliphatic heterocycles.